The Kier molecular flexibility index (Phi) is 5.04. The summed E-state index contributed by atoms with van der Waals surface area (Å²) in [5.41, 5.74) is 1.32. The van der Waals surface area contributed by atoms with E-state index in [0.29, 0.717) is 30.2 Å². The lowest BCUT2D eigenvalue weighted by atomic mass is 10.2. The van der Waals surface area contributed by atoms with E-state index in [1.807, 2.05) is 0 Å². The van der Waals surface area contributed by atoms with Crippen LogP contribution in [0.4, 0.5) is 10.5 Å². The van der Waals surface area contributed by atoms with Gasteiger partial charge in [-0.2, -0.15) is 5.26 Å². The Morgan fingerprint density at radius 2 is 1.81 bits per heavy atom. The molecule has 7 nitrogen and oxygen atoms in total. The summed E-state index contributed by atoms with van der Waals surface area (Å²) in [5, 5.41) is 14.5. The molecule has 0 aromatic heterocycles. The van der Waals surface area contributed by atoms with Gasteiger partial charge in [-0.15, -0.1) is 0 Å². The van der Waals surface area contributed by atoms with E-state index >= 15 is 0 Å². The Morgan fingerprint density at radius 3 is 2.35 bits per heavy atom. The van der Waals surface area contributed by atoms with Crippen LogP contribution in [0, 0.1) is 11.3 Å². The zero-order chi connectivity index (χ0) is 18.5. The Bertz CT molecular complexity index is 841. The van der Waals surface area contributed by atoms with Gasteiger partial charge in [-0.05, 0) is 55.5 Å². The first-order chi connectivity index (χ1) is 12.6. The highest BCUT2D eigenvalue weighted by atomic mass is 16.5. The van der Waals surface area contributed by atoms with Crippen LogP contribution in [0.15, 0.2) is 48.5 Å². The molecule has 3 rings (SSSR count). The van der Waals surface area contributed by atoms with Crippen molar-refractivity contribution in [2.24, 2.45) is 0 Å². The number of imide groups is 1. The van der Waals surface area contributed by atoms with Crippen LogP contribution in [0.1, 0.15) is 12.5 Å². The van der Waals surface area contributed by atoms with Gasteiger partial charge in [0.25, 0.3) is 5.91 Å². The molecule has 0 unspecified atom stereocenters. The highest BCUT2D eigenvalue weighted by molar-refractivity contribution is 5.99. The molecule has 2 aromatic rings. The lowest BCUT2D eigenvalue weighted by Crippen LogP contribution is -2.43. The molecule has 1 heterocycles. The fraction of sp³-hybridized carbons (Fsp3) is 0.211. The molecule has 132 valence electrons. The van der Waals surface area contributed by atoms with Gasteiger partial charge < -0.3 is 15.4 Å². The summed E-state index contributed by atoms with van der Waals surface area (Å²) in [7, 11) is 0. The number of urea groups is 1. The minimum absolute atomic E-state index is 0.266. The number of carbonyl (C=O) groups excluding carboxylic acids is 2. The van der Waals surface area contributed by atoms with Crippen LogP contribution in [0.5, 0.6) is 11.5 Å². The molecule has 7 heteroatoms. The van der Waals surface area contributed by atoms with E-state index in [1.54, 1.807) is 55.5 Å². The smallest absolute Gasteiger partial charge is 0.324 e. The summed E-state index contributed by atoms with van der Waals surface area (Å²) < 4.78 is 5.72. The van der Waals surface area contributed by atoms with Crippen molar-refractivity contribution < 1.29 is 14.3 Å². The van der Waals surface area contributed by atoms with E-state index in [9.17, 15) is 9.59 Å². The van der Waals surface area contributed by atoms with E-state index in [-0.39, 0.29) is 11.9 Å². The molecule has 2 aromatic carbocycles. The van der Waals surface area contributed by atoms with Crippen molar-refractivity contribution in [1.82, 2.24) is 10.2 Å². The van der Waals surface area contributed by atoms with Gasteiger partial charge in [0.05, 0.1) is 11.6 Å². The van der Waals surface area contributed by atoms with Crippen molar-refractivity contribution in [3.8, 4) is 17.6 Å². The van der Waals surface area contributed by atoms with Gasteiger partial charge in [0.2, 0.25) is 0 Å². The average molecular weight is 350 g/mol. The number of benzene rings is 2. The first-order valence-corrected chi connectivity index (χ1v) is 8.20. The van der Waals surface area contributed by atoms with Crippen molar-refractivity contribution >= 4 is 17.6 Å². The van der Waals surface area contributed by atoms with Crippen molar-refractivity contribution in [2.75, 3.05) is 18.4 Å². The van der Waals surface area contributed by atoms with E-state index in [4.69, 9.17) is 10.00 Å². The fourth-order valence-corrected chi connectivity index (χ4v) is 2.58. The predicted octanol–water partition coefficient (Wildman–Crippen LogP) is 2.70. The second-order valence-corrected chi connectivity index (χ2v) is 5.85. The monoisotopic (exact) mass is 350 g/mol. The van der Waals surface area contributed by atoms with Gasteiger partial charge in [-0.1, -0.05) is 0 Å². The van der Waals surface area contributed by atoms with Crippen LogP contribution in [0.3, 0.4) is 0 Å². The minimum atomic E-state index is -0.524. The molecule has 2 N–H and O–H groups in total. The van der Waals surface area contributed by atoms with Crippen LogP contribution in [0.25, 0.3) is 0 Å². The number of nitrogens with zero attached hydrogens (tertiary/aromatic N) is 2. The van der Waals surface area contributed by atoms with Crippen molar-refractivity contribution in [1.29, 1.82) is 5.26 Å². The number of ether oxygens (including phenoxy) is 1. The second-order valence-electron chi connectivity index (χ2n) is 5.85. The highest BCUT2D eigenvalue weighted by Crippen LogP contribution is 2.23. The lowest BCUT2D eigenvalue weighted by Gasteiger charge is -2.19. The summed E-state index contributed by atoms with van der Waals surface area (Å²) in [5.74, 6) is 1.00. The maximum absolute atomic E-state index is 12.3. The maximum atomic E-state index is 12.3. The van der Waals surface area contributed by atoms with Gasteiger partial charge in [0.15, 0.2) is 0 Å². The van der Waals surface area contributed by atoms with Crippen LogP contribution < -0.4 is 15.4 Å². The van der Waals surface area contributed by atoms with Gasteiger partial charge >= 0.3 is 6.03 Å². The molecule has 1 atom stereocenters. The number of nitriles is 1. The molecule has 0 aliphatic carbocycles. The second kappa shape index (κ2) is 7.57. The molecule has 1 aliphatic heterocycles. The van der Waals surface area contributed by atoms with Crippen LogP contribution in [0.2, 0.25) is 0 Å². The molecule has 0 bridgehead atoms. The normalized spacial score (nSPS) is 14.3. The van der Waals surface area contributed by atoms with E-state index in [0.717, 1.165) is 5.69 Å². The zero-order valence-corrected chi connectivity index (χ0v) is 14.2. The number of amides is 3. The van der Waals surface area contributed by atoms with Gasteiger partial charge in [0.1, 0.15) is 17.5 Å². The Labute approximate surface area is 151 Å². The molecular formula is C19H18N4O3. The van der Waals surface area contributed by atoms with Gasteiger partial charge in [-0.3, -0.25) is 9.69 Å². The number of nitrogens with one attached hydrogen (secondary N) is 2. The molecule has 1 saturated heterocycles. The summed E-state index contributed by atoms with van der Waals surface area (Å²) in [4.78, 5) is 25.0. The van der Waals surface area contributed by atoms with Crippen molar-refractivity contribution in [3.05, 3.63) is 54.1 Å². The molecular weight excluding hydrogens is 332 g/mol. The van der Waals surface area contributed by atoms with Gasteiger partial charge in [0, 0.05) is 18.8 Å². The van der Waals surface area contributed by atoms with Crippen molar-refractivity contribution in [3.63, 3.8) is 0 Å². The fourth-order valence-electron chi connectivity index (χ4n) is 2.58. The minimum Gasteiger partial charge on any atom is -0.457 e. The summed E-state index contributed by atoms with van der Waals surface area (Å²) in [6, 6.07) is 15.2. The summed E-state index contributed by atoms with van der Waals surface area (Å²) in [6.07, 6.45) is 0. The molecule has 0 saturated carbocycles. The van der Waals surface area contributed by atoms with Crippen LogP contribution >= 0.6 is 0 Å². The lowest BCUT2D eigenvalue weighted by molar-refractivity contribution is -0.128. The largest absolute Gasteiger partial charge is 0.457 e. The van der Waals surface area contributed by atoms with Crippen molar-refractivity contribution in [2.45, 2.75) is 13.0 Å². The maximum Gasteiger partial charge on any atom is 0.324 e. The summed E-state index contributed by atoms with van der Waals surface area (Å²) in [6.45, 7) is 2.59. The third-order valence-electron chi connectivity index (χ3n) is 3.95. The highest BCUT2D eigenvalue weighted by Gasteiger charge is 2.29. The predicted molar refractivity (Wildman–Crippen MR) is 95.9 cm³/mol. The first-order valence-electron chi connectivity index (χ1n) is 8.20. The molecule has 0 radical (unpaired) electrons. The number of carbonyl (C=O) groups is 2. The van der Waals surface area contributed by atoms with E-state index in [2.05, 4.69) is 16.7 Å². The van der Waals surface area contributed by atoms with Crippen LogP contribution in [-0.2, 0) is 4.79 Å². The van der Waals surface area contributed by atoms with E-state index in [1.165, 1.54) is 4.90 Å². The quantitative estimate of drug-likeness (QED) is 0.864. The molecule has 26 heavy (non-hydrogen) atoms. The first kappa shape index (κ1) is 17.3. The number of hydrogen-bond acceptors (Lipinski definition) is 5. The Hall–Kier alpha value is -3.53. The SMILES string of the molecule is C[C@@H](Nc1ccc(Oc2ccc(C#N)cc2)cc1)C(=O)N1CCNC1=O. The standard InChI is InChI=1S/C19H18N4O3/c1-13(18(24)23-11-10-21-19(23)25)22-15-4-8-17(9-5-15)26-16-6-2-14(12-20)3-7-16/h2-9,13,22H,10-11H2,1H3,(H,21,25)/t13-/m1/s1. The third kappa shape index (κ3) is 3.92. The summed E-state index contributed by atoms with van der Waals surface area (Å²) >= 11 is 0. The Balaban J connectivity index is 1.59. The van der Waals surface area contributed by atoms with E-state index < -0.39 is 6.04 Å². The molecule has 1 aliphatic rings. The number of rotatable bonds is 5. The molecule has 1 fully saturated rings. The zero-order valence-electron chi connectivity index (χ0n) is 14.2. The number of anilines is 1. The third-order valence-corrected chi connectivity index (χ3v) is 3.95. The topological polar surface area (TPSA) is 94.5 Å². The van der Waals surface area contributed by atoms with Crippen LogP contribution in [-0.4, -0.2) is 36.0 Å². The Morgan fingerprint density at radius 1 is 1.19 bits per heavy atom. The number of hydrogen-bond donors (Lipinski definition) is 2. The molecule has 0 spiro atoms. The average Bonchev–Trinajstić information content (AvgIpc) is 3.09. The molecule has 3 amide bonds. The van der Waals surface area contributed by atoms with Gasteiger partial charge in [-0.25, -0.2) is 4.79 Å².